The number of hydrogen-bond donors (Lipinski definition) is 3. The molecule has 0 bridgehead atoms. The first-order chi connectivity index (χ1) is 15.6. The summed E-state index contributed by atoms with van der Waals surface area (Å²) in [6.45, 7) is 2.20. The maximum Gasteiger partial charge on any atom is 0.319 e. The molecular weight excluding hydrogens is 404 g/mol. The minimum atomic E-state index is -0.286. The maximum atomic E-state index is 12.3. The van der Waals surface area contributed by atoms with Crippen LogP contribution in [0.25, 0.3) is 11.3 Å². The van der Waals surface area contributed by atoms with E-state index in [1.54, 1.807) is 19.4 Å². The first-order valence-electron chi connectivity index (χ1n) is 10.7. The van der Waals surface area contributed by atoms with Crippen molar-refractivity contribution >= 4 is 23.4 Å². The van der Waals surface area contributed by atoms with Crippen LogP contribution in [-0.2, 0) is 6.54 Å². The molecule has 2 aromatic heterocycles. The Bertz CT molecular complexity index is 1080. The van der Waals surface area contributed by atoms with Gasteiger partial charge in [0.1, 0.15) is 5.82 Å². The summed E-state index contributed by atoms with van der Waals surface area (Å²) >= 11 is 0. The molecule has 4 rings (SSSR count). The normalized spacial score (nSPS) is 13.0. The van der Waals surface area contributed by atoms with E-state index in [0.717, 1.165) is 48.6 Å². The average molecular weight is 431 g/mol. The summed E-state index contributed by atoms with van der Waals surface area (Å²) in [5, 5.41) is 8.33. The minimum absolute atomic E-state index is 0.136. The Hall–Kier alpha value is -3.94. The van der Waals surface area contributed by atoms with Gasteiger partial charge in [0, 0.05) is 50.3 Å². The van der Waals surface area contributed by atoms with Crippen molar-refractivity contribution in [3.8, 4) is 11.3 Å². The van der Waals surface area contributed by atoms with Gasteiger partial charge in [-0.2, -0.15) is 0 Å². The summed E-state index contributed by atoms with van der Waals surface area (Å²) in [6, 6.07) is 14.6. The number of aromatic nitrogens is 2. The zero-order valence-corrected chi connectivity index (χ0v) is 18.0. The largest absolute Gasteiger partial charge is 0.356 e. The van der Waals surface area contributed by atoms with Gasteiger partial charge in [-0.05, 0) is 48.7 Å². The molecule has 3 heterocycles. The number of urea groups is 1. The molecule has 0 spiro atoms. The Morgan fingerprint density at radius 3 is 2.50 bits per heavy atom. The number of carbonyl (C=O) groups excluding carboxylic acids is 2. The van der Waals surface area contributed by atoms with E-state index < -0.39 is 0 Å². The van der Waals surface area contributed by atoms with E-state index >= 15 is 0 Å². The highest BCUT2D eigenvalue weighted by atomic mass is 16.2. The number of hydrogen-bond acceptors (Lipinski definition) is 5. The van der Waals surface area contributed by atoms with Crippen LogP contribution in [0.1, 0.15) is 28.8 Å². The van der Waals surface area contributed by atoms with Crippen molar-refractivity contribution in [1.29, 1.82) is 0 Å². The molecule has 8 heteroatoms. The fourth-order valence-electron chi connectivity index (χ4n) is 3.68. The van der Waals surface area contributed by atoms with Crippen LogP contribution in [0.4, 0.5) is 16.3 Å². The second-order valence-electron chi connectivity index (χ2n) is 7.59. The maximum absolute atomic E-state index is 12.3. The summed E-state index contributed by atoms with van der Waals surface area (Å²) in [5.41, 5.74) is 3.89. The van der Waals surface area contributed by atoms with Crippen molar-refractivity contribution < 1.29 is 9.59 Å². The lowest BCUT2D eigenvalue weighted by atomic mass is 10.1. The zero-order chi connectivity index (χ0) is 22.3. The molecule has 0 unspecified atom stereocenters. The summed E-state index contributed by atoms with van der Waals surface area (Å²) in [6.07, 6.45) is 5.61. The van der Waals surface area contributed by atoms with Gasteiger partial charge in [-0.1, -0.05) is 18.2 Å². The Morgan fingerprint density at radius 2 is 1.81 bits per heavy atom. The lowest BCUT2D eigenvalue weighted by Crippen LogP contribution is -2.28. The van der Waals surface area contributed by atoms with Gasteiger partial charge in [0.25, 0.3) is 5.91 Å². The van der Waals surface area contributed by atoms with Gasteiger partial charge in [0.2, 0.25) is 0 Å². The predicted octanol–water partition coefficient (Wildman–Crippen LogP) is 3.43. The van der Waals surface area contributed by atoms with Crippen molar-refractivity contribution in [2.75, 3.05) is 30.4 Å². The molecule has 1 aliphatic rings. The highest BCUT2D eigenvalue weighted by Gasteiger charge is 2.21. The highest BCUT2D eigenvalue weighted by molar-refractivity contribution is 5.99. The van der Waals surface area contributed by atoms with Crippen LogP contribution in [0.15, 0.2) is 60.9 Å². The van der Waals surface area contributed by atoms with Crippen molar-refractivity contribution in [2.24, 2.45) is 0 Å². The molecule has 3 amide bonds. The van der Waals surface area contributed by atoms with Gasteiger partial charge >= 0.3 is 6.03 Å². The smallest absolute Gasteiger partial charge is 0.319 e. The van der Waals surface area contributed by atoms with E-state index in [0.29, 0.717) is 17.8 Å². The first kappa shape index (κ1) is 21.3. The Kier molecular flexibility index (Phi) is 6.60. The Labute approximate surface area is 187 Å². The molecule has 164 valence electrons. The lowest BCUT2D eigenvalue weighted by Gasteiger charge is -2.20. The fourth-order valence-corrected chi connectivity index (χ4v) is 3.68. The van der Waals surface area contributed by atoms with Crippen LogP contribution in [-0.4, -0.2) is 42.0 Å². The molecule has 8 nitrogen and oxygen atoms in total. The Balaban J connectivity index is 1.45. The molecule has 0 radical (unpaired) electrons. The van der Waals surface area contributed by atoms with E-state index in [4.69, 9.17) is 4.98 Å². The number of pyridine rings is 2. The SMILES string of the molecule is CNC(=O)c1ccc(-c2ccc(NC(=O)NCc3cccnc3)cc2)nc1N1CCCC1. The van der Waals surface area contributed by atoms with E-state index in [1.165, 1.54) is 0 Å². The van der Waals surface area contributed by atoms with E-state index in [-0.39, 0.29) is 11.9 Å². The Morgan fingerprint density at radius 1 is 1.03 bits per heavy atom. The van der Waals surface area contributed by atoms with Gasteiger partial charge in [-0.15, -0.1) is 0 Å². The fraction of sp³-hybridized carbons (Fsp3) is 0.250. The minimum Gasteiger partial charge on any atom is -0.356 e. The van der Waals surface area contributed by atoms with Gasteiger partial charge < -0.3 is 20.9 Å². The first-order valence-corrected chi connectivity index (χ1v) is 10.7. The standard InChI is InChI=1S/C24H26N6O2/c1-25-23(31)20-10-11-21(29-22(20)30-13-2-3-14-30)18-6-8-19(9-7-18)28-24(32)27-16-17-5-4-12-26-15-17/h4-12,15H,2-3,13-14,16H2,1H3,(H,25,31)(H2,27,28,32). The predicted molar refractivity (Wildman–Crippen MR) is 125 cm³/mol. The van der Waals surface area contributed by atoms with E-state index in [9.17, 15) is 9.59 Å². The third-order valence-electron chi connectivity index (χ3n) is 5.37. The topological polar surface area (TPSA) is 99.2 Å². The van der Waals surface area contributed by atoms with Gasteiger partial charge in [0.05, 0.1) is 11.3 Å². The van der Waals surface area contributed by atoms with Crippen LogP contribution in [0.3, 0.4) is 0 Å². The third-order valence-corrected chi connectivity index (χ3v) is 5.37. The van der Waals surface area contributed by atoms with Gasteiger partial charge in [0.15, 0.2) is 0 Å². The third kappa shape index (κ3) is 5.03. The molecule has 3 aromatic rings. The van der Waals surface area contributed by atoms with Gasteiger partial charge in [-0.25, -0.2) is 9.78 Å². The van der Waals surface area contributed by atoms with E-state index in [1.807, 2.05) is 48.5 Å². The zero-order valence-electron chi connectivity index (χ0n) is 18.0. The van der Waals surface area contributed by atoms with Crippen molar-refractivity contribution in [1.82, 2.24) is 20.6 Å². The average Bonchev–Trinajstić information content (AvgIpc) is 3.38. The molecule has 0 atom stereocenters. The highest BCUT2D eigenvalue weighted by Crippen LogP contribution is 2.27. The van der Waals surface area contributed by atoms with E-state index in [2.05, 4.69) is 25.8 Å². The molecule has 1 aliphatic heterocycles. The molecule has 1 saturated heterocycles. The van der Waals surface area contributed by atoms with Crippen molar-refractivity contribution in [3.05, 3.63) is 72.1 Å². The van der Waals surface area contributed by atoms with Crippen molar-refractivity contribution in [2.45, 2.75) is 19.4 Å². The van der Waals surface area contributed by atoms with Crippen LogP contribution in [0.5, 0.6) is 0 Å². The van der Waals surface area contributed by atoms with Crippen LogP contribution < -0.4 is 20.9 Å². The quantitative estimate of drug-likeness (QED) is 0.557. The number of anilines is 2. The van der Waals surface area contributed by atoms with Crippen LogP contribution in [0, 0.1) is 0 Å². The van der Waals surface area contributed by atoms with Crippen molar-refractivity contribution in [3.63, 3.8) is 0 Å². The second kappa shape index (κ2) is 9.91. The molecule has 3 N–H and O–H groups in total. The molecule has 1 aromatic carbocycles. The molecule has 0 aliphatic carbocycles. The number of nitrogens with zero attached hydrogens (tertiary/aromatic N) is 3. The lowest BCUT2D eigenvalue weighted by molar-refractivity contribution is 0.0963. The molecule has 0 saturated carbocycles. The summed E-state index contributed by atoms with van der Waals surface area (Å²) in [5.74, 6) is 0.583. The second-order valence-corrected chi connectivity index (χ2v) is 7.59. The molecule has 32 heavy (non-hydrogen) atoms. The van der Waals surface area contributed by atoms with Crippen LogP contribution >= 0.6 is 0 Å². The summed E-state index contributed by atoms with van der Waals surface area (Å²) in [4.78, 5) is 35.5. The number of benzene rings is 1. The summed E-state index contributed by atoms with van der Waals surface area (Å²) in [7, 11) is 1.63. The number of amides is 3. The number of nitrogens with one attached hydrogen (secondary N) is 3. The number of rotatable bonds is 6. The number of carbonyl (C=O) groups is 2. The molecular formula is C24H26N6O2. The monoisotopic (exact) mass is 430 g/mol. The summed E-state index contributed by atoms with van der Waals surface area (Å²) < 4.78 is 0. The van der Waals surface area contributed by atoms with Gasteiger partial charge in [-0.3, -0.25) is 9.78 Å². The molecule has 1 fully saturated rings. The van der Waals surface area contributed by atoms with Crippen LogP contribution in [0.2, 0.25) is 0 Å².